The molecule has 0 saturated heterocycles. The molecule has 1 atom stereocenters. The molecular formula is C5H8ClNO4S2. The molecule has 1 N–H and O–H groups in total. The summed E-state index contributed by atoms with van der Waals surface area (Å²) in [6.45, 7) is 0. The van der Waals surface area contributed by atoms with E-state index < -0.39 is 31.1 Å². The van der Waals surface area contributed by atoms with Crippen LogP contribution in [0, 0.1) is 0 Å². The predicted octanol–water partition coefficient (Wildman–Crippen LogP) is -0.587. The minimum atomic E-state index is -3.55. The maximum atomic E-state index is 10.9. The van der Waals surface area contributed by atoms with E-state index in [1.807, 2.05) is 0 Å². The standard InChI is InChI=1S/C5H8ClNO4S2/c6-4-13(10,11)7-5-1-2-12(8,9)3-5/h1-2,5,7H,3-4H2. The first-order chi connectivity index (χ1) is 5.85. The Morgan fingerprint density at radius 1 is 1.54 bits per heavy atom. The van der Waals surface area contributed by atoms with E-state index in [9.17, 15) is 16.8 Å². The maximum absolute atomic E-state index is 10.9. The minimum Gasteiger partial charge on any atom is -0.224 e. The molecule has 1 unspecified atom stereocenters. The highest BCUT2D eigenvalue weighted by atomic mass is 35.5. The number of halogens is 1. The Kier molecular flexibility index (Phi) is 3.01. The van der Waals surface area contributed by atoms with E-state index in [0.29, 0.717) is 0 Å². The van der Waals surface area contributed by atoms with Crippen molar-refractivity contribution in [3.05, 3.63) is 11.5 Å². The molecule has 0 bridgehead atoms. The highest BCUT2D eigenvalue weighted by molar-refractivity contribution is 7.94. The highest BCUT2D eigenvalue weighted by Gasteiger charge is 2.24. The zero-order chi connectivity index (χ0) is 10.1. The average Bonchev–Trinajstić information content (AvgIpc) is 2.29. The van der Waals surface area contributed by atoms with E-state index in [4.69, 9.17) is 11.6 Å². The van der Waals surface area contributed by atoms with Gasteiger partial charge in [-0.1, -0.05) is 6.08 Å². The van der Waals surface area contributed by atoms with Crippen molar-refractivity contribution in [2.45, 2.75) is 6.04 Å². The molecular weight excluding hydrogens is 238 g/mol. The van der Waals surface area contributed by atoms with E-state index in [0.717, 1.165) is 5.41 Å². The van der Waals surface area contributed by atoms with Crippen LogP contribution in [-0.4, -0.2) is 33.8 Å². The summed E-state index contributed by atoms with van der Waals surface area (Å²) in [5, 5.41) is 0.422. The zero-order valence-corrected chi connectivity index (χ0v) is 8.86. The van der Waals surface area contributed by atoms with Crippen molar-refractivity contribution in [3.63, 3.8) is 0 Å². The number of sulfone groups is 1. The zero-order valence-electron chi connectivity index (χ0n) is 6.47. The molecule has 1 rings (SSSR count). The number of sulfonamides is 1. The summed E-state index contributed by atoms with van der Waals surface area (Å²) in [5.74, 6) is -0.233. The second-order valence-corrected chi connectivity index (χ2v) is 6.88. The second kappa shape index (κ2) is 3.56. The Balaban J connectivity index is 2.67. The summed E-state index contributed by atoms with van der Waals surface area (Å²) in [7, 11) is -6.78. The molecule has 0 aromatic heterocycles. The van der Waals surface area contributed by atoms with Crippen LogP contribution in [0.15, 0.2) is 11.5 Å². The first-order valence-electron chi connectivity index (χ1n) is 3.31. The van der Waals surface area contributed by atoms with Crippen molar-refractivity contribution in [2.75, 3.05) is 11.0 Å². The number of alkyl halides is 1. The van der Waals surface area contributed by atoms with Gasteiger partial charge in [-0.3, -0.25) is 0 Å². The predicted molar refractivity (Wildman–Crippen MR) is 49.5 cm³/mol. The normalized spacial score (nSPS) is 26.4. The van der Waals surface area contributed by atoms with Crippen LogP contribution in [0.25, 0.3) is 0 Å². The van der Waals surface area contributed by atoms with E-state index in [-0.39, 0.29) is 5.75 Å². The summed E-state index contributed by atoms with van der Waals surface area (Å²) >= 11 is 5.12. The third-order valence-corrected chi connectivity index (χ3v) is 4.61. The van der Waals surface area contributed by atoms with E-state index in [2.05, 4.69) is 4.72 Å². The van der Waals surface area contributed by atoms with Gasteiger partial charge in [0.2, 0.25) is 10.0 Å². The van der Waals surface area contributed by atoms with Crippen LogP contribution in [0.2, 0.25) is 0 Å². The van der Waals surface area contributed by atoms with Gasteiger partial charge in [0.1, 0.15) is 5.21 Å². The fourth-order valence-corrected chi connectivity index (χ4v) is 3.13. The largest absolute Gasteiger partial charge is 0.226 e. The molecule has 76 valence electrons. The van der Waals surface area contributed by atoms with Crippen molar-refractivity contribution in [1.82, 2.24) is 4.72 Å². The third-order valence-electron chi connectivity index (χ3n) is 1.40. The van der Waals surface area contributed by atoms with Crippen molar-refractivity contribution >= 4 is 31.5 Å². The number of nitrogens with one attached hydrogen (secondary N) is 1. The first kappa shape index (κ1) is 11.0. The molecule has 0 aromatic carbocycles. The van der Waals surface area contributed by atoms with Crippen LogP contribution < -0.4 is 4.72 Å². The lowest BCUT2D eigenvalue weighted by molar-refractivity contribution is 0.579. The van der Waals surface area contributed by atoms with E-state index in [1.54, 1.807) is 0 Å². The lowest BCUT2D eigenvalue weighted by atomic mass is 10.4. The number of hydrogen-bond donors (Lipinski definition) is 1. The fourth-order valence-electron chi connectivity index (χ4n) is 0.911. The SMILES string of the molecule is O=S1(=O)C=CC(NS(=O)(=O)CCl)C1. The molecule has 1 aliphatic heterocycles. The van der Waals surface area contributed by atoms with Gasteiger partial charge in [0, 0.05) is 5.41 Å². The highest BCUT2D eigenvalue weighted by Crippen LogP contribution is 2.09. The Hall–Kier alpha value is -0.110. The lowest BCUT2D eigenvalue weighted by Crippen LogP contribution is -2.35. The molecule has 0 spiro atoms. The quantitative estimate of drug-likeness (QED) is 0.675. The molecule has 5 nitrogen and oxygen atoms in total. The van der Waals surface area contributed by atoms with Crippen molar-refractivity contribution in [3.8, 4) is 0 Å². The van der Waals surface area contributed by atoms with Gasteiger partial charge in [-0.2, -0.15) is 0 Å². The minimum absolute atomic E-state index is 0.233. The van der Waals surface area contributed by atoms with E-state index >= 15 is 0 Å². The van der Waals surface area contributed by atoms with Gasteiger partial charge < -0.3 is 0 Å². The van der Waals surface area contributed by atoms with Crippen LogP contribution in [0.4, 0.5) is 0 Å². The van der Waals surface area contributed by atoms with E-state index in [1.165, 1.54) is 6.08 Å². The third kappa shape index (κ3) is 3.26. The lowest BCUT2D eigenvalue weighted by Gasteiger charge is -2.07. The second-order valence-electron chi connectivity index (χ2n) is 2.61. The van der Waals surface area contributed by atoms with Crippen LogP contribution >= 0.6 is 11.6 Å². The summed E-state index contributed by atoms with van der Waals surface area (Å²) in [6.07, 6.45) is 1.29. The summed E-state index contributed by atoms with van der Waals surface area (Å²) < 4.78 is 45.6. The maximum Gasteiger partial charge on any atom is 0.226 e. The Morgan fingerprint density at radius 3 is 2.54 bits per heavy atom. The smallest absolute Gasteiger partial charge is 0.224 e. The fraction of sp³-hybridized carbons (Fsp3) is 0.600. The molecule has 13 heavy (non-hydrogen) atoms. The Morgan fingerprint density at radius 2 is 2.15 bits per heavy atom. The van der Waals surface area contributed by atoms with Gasteiger partial charge >= 0.3 is 0 Å². The van der Waals surface area contributed by atoms with Crippen molar-refractivity contribution < 1.29 is 16.8 Å². The summed E-state index contributed by atoms with van der Waals surface area (Å²) in [5.41, 5.74) is 0. The van der Waals surface area contributed by atoms with Gasteiger partial charge in [0.25, 0.3) is 0 Å². The molecule has 0 saturated carbocycles. The molecule has 0 amide bonds. The molecule has 1 heterocycles. The molecule has 0 aromatic rings. The summed E-state index contributed by atoms with van der Waals surface area (Å²) in [6, 6.07) is -0.686. The van der Waals surface area contributed by atoms with Gasteiger partial charge in [0.05, 0.1) is 11.8 Å². The van der Waals surface area contributed by atoms with Gasteiger partial charge in [-0.15, -0.1) is 11.6 Å². The Labute approximate surface area is 81.7 Å². The molecule has 0 radical (unpaired) electrons. The summed E-state index contributed by atoms with van der Waals surface area (Å²) in [4.78, 5) is 0. The number of rotatable bonds is 3. The molecule has 0 fully saturated rings. The average molecular weight is 246 g/mol. The van der Waals surface area contributed by atoms with Crippen LogP contribution in [0.5, 0.6) is 0 Å². The van der Waals surface area contributed by atoms with Crippen LogP contribution in [-0.2, 0) is 19.9 Å². The monoisotopic (exact) mass is 245 g/mol. The molecule has 0 aliphatic carbocycles. The van der Waals surface area contributed by atoms with Crippen LogP contribution in [0.3, 0.4) is 0 Å². The first-order valence-corrected chi connectivity index (χ1v) is 7.22. The molecule has 1 aliphatic rings. The van der Waals surface area contributed by atoms with Gasteiger partial charge in [-0.05, 0) is 0 Å². The van der Waals surface area contributed by atoms with Crippen molar-refractivity contribution in [1.29, 1.82) is 0 Å². The van der Waals surface area contributed by atoms with Gasteiger partial charge in [-0.25, -0.2) is 21.6 Å². The van der Waals surface area contributed by atoms with Gasteiger partial charge in [0.15, 0.2) is 9.84 Å². The Bertz CT molecular complexity index is 410. The topological polar surface area (TPSA) is 80.3 Å². The van der Waals surface area contributed by atoms with Crippen molar-refractivity contribution in [2.24, 2.45) is 0 Å². The number of hydrogen-bond acceptors (Lipinski definition) is 4. The molecule has 8 heteroatoms. The van der Waals surface area contributed by atoms with Crippen LogP contribution in [0.1, 0.15) is 0 Å².